The summed E-state index contributed by atoms with van der Waals surface area (Å²) < 4.78 is 19.0. The lowest BCUT2D eigenvalue weighted by Gasteiger charge is -2.11. The second-order valence-corrected chi connectivity index (χ2v) is 3.81. The van der Waals surface area contributed by atoms with Crippen LogP contribution in [0.15, 0.2) is 12.1 Å². The molecule has 0 aromatic heterocycles. The van der Waals surface area contributed by atoms with Crippen LogP contribution < -0.4 is 10.1 Å². The van der Waals surface area contributed by atoms with Gasteiger partial charge in [0.15, 0.2) is 0 Å². The molecule has 0 unspecified atom stereocenters. The van der Waals surface area contributed by atoms with Gasteiger partial charge in [-0.25, -0.2) is 4.39 Å². The van der Waals surface area contributed by atoms with Gasteiger partial charge < -0.3 is 10.1 Å². The standard InChI is InChI=1S/C12H16FNO/c1-14-7-8-15-12-6-5-11(13)9-3-2-4-10(9)12/h5-6,14H,2-4,7-8H2,1H3. The maximum absolute atomic E-state index is 13.4. The smallest absolute Gasteiger partial charge is 0.126 e. The van der Waals surface area contributed by atoms with Crippen molar-refractivity contribution < 1.29 is 9.13 Å². The van der Waals surface area contributed by atoms with Gasteiger partial charge >= 0.3 is 0 Å². The molecule has 0 saturated heterocycles. The van der Waals surface area contributed by atoms with E-state index in [1.54, 1.807) is 6.07 Å². The molecule has 0 bridgehead atoms. The van der Waals surface area contributed by atoms with Crippen molar-refractivity contribution in [2.24, 2.45) is 0 Å². The van der Waals surface area contributed by atoms with Crippen LogP contribution >= 0.6 is 0 Å². The third-order valence-electron chi connectivity index (χ3n) is 2.79. The number of halogens is 1. The molecule has 1 aromatic carbocycles. The second-order valence-electron chi connectivity index (χ2n) is 3.81. The molecule has 2 rings (SSSR count). The molecule has 82 valence electrons. The van der Waals surface area contributed by atoms with Crippen molar-refractivity contribution in [1.82, 2.24) is 5.32 Å². The van der Waals surface area contributed by atoms with Gasteiger partial charge in [0.25, 0.3) is 0 Å². The molecular weight excluding hydrogens is 193 g/mol. The Morgan fingerprint density at radius 2 is 2.13 bits per heavy atom. The van der Waals surface area contributed by atoms with Gasteiger partial charge in [-0.15, -0.1) is 0 Å². The van der Waals surface area contributed by atoms with Crippen LogP contribution in [0, 0.1) is 5.82 Å². The van der Waals surface area contributed by atoms with E-state index in [1.807, 2.05) is 7.05 Å². The van der Waals surface area contributed by atoms with E-state index >= 15 is 0 Å². The molecule has 3 heteroatoms. The summed E-state index contributed by atoms with van der Waals surface area (Å²) in [5.74, 6) is 0.780. The number of likely N-dealkylation sites (N-methyl/N-ethyl adjacent to an activating group) is 1. The van der Waals surface area contributed by atoms with Gasteiger partial charge in [-0.1, -0.05) is 0 Å². The van der Waals surface area contributed by atoms with Gasteiger partial charge in [-0.3, -0.25) is 0 Å². The highest BCUT2D eigenvalue weighted by Crippen LogP contribution is 2.32. The van der Waals surface area contributed by atoms with Crippen LogP contribution in [0.1, 0.15) is 17.5 Å². The lowest BCUT2D eigenvalue weighted by Crippen LogP contribution is -2.16. The quantitative estimate of drug-likeness (QED) is 0.765. The van der Waals surface area contributed by atoms with Gasteiger partial charge in [0.05, 0.1) is 0 Å². The van der Waals surface area contributed by atoms with Crippen LogP contribution in [0.3, 0.4) is 0 Å². The highest BCUT2D eigenvalue weighted by Gasteiger charge is 2.19. The molecule has 0 radical (unpaired) electrons. The normalized spacial score (nSPS) is 14.0. The van der Waals surface area contributed by atoms with Gasteiger partial charge in [0.1, 0.15) is 18.2 Å². The van der Waals surface area contributed by atoms with E-state index in [0.29, 0.717) is 6.61 Å². The molecule has 0 spiro atoms. The summed E-state index contributed by atoms with van der Waals surface area (Å²) >= 11 is 0. The number of hydrogen-bond acceptors (Lipinski definition) is 2. The largest absolute Gasteiger partial charge is 0.492 e. The minimum absolute atomic E-state index is 0.0801. The molecule has 0 atom stereocenters. The molecular formula is C12H16FNO. The Morgan fingerprint density at radius 3 is 2.93 bits per heavy atom. The number of fused-ring (bicyclic) bond motifs is 1. The Hall–Kier alpha value is -1.09. The average molecular weight is 209 g/mol. The van der Waals surface area contributed by atoms with E-state index in [2.05, 4.69) is 5.32 Å². The van der Waals surface area contributed by atoms with E-state index in [4.69, 9.17) is 4.74 Å². The Kier molecular flexibility index (Phi) is 3.21. The Morgan fingerprint density at radius 1 is 1.33 bits per heavy atom. The average Bonchev–Trinajstić information content (AvgIpc) is 2.71. The first-order chi connectivity index (χ1) is 7.33. The molecule has 1 N–H and O–H groups in total. The summed E-state index contributed by atoms with van der Waals surface area (Å²) in [4.78, 5) is 0. The molecule has 1 aromatic rings. The first-order valence-corrected chi connectivity index (χ1v) is 5.40. The highest BCUT2D eigenvalue weighted by atomic mass is 19.1. The van der Waals surface area contributed by atoms with Crippen LogP contribution in [0.4, 0.5) is 4.39 Å². The fourth-order valence-corrected chi connectivity index (χ4v) is 2.03. The number of ether oxygens (including phenoxy) is 1. The predicted molar refractivity (Wildman–Crippen MR) is 57.8 cm³/mol. The number of hydrogen-bond donors (Lipinski definition) is 1. The predicted octanol–water partition coefficient (Wildman–Crippen LogP) is 1.91. The fourth-order valence-electron chi connectivity index (χ4n) is 2.03. The van der Waals surface area contributed by atoms with Crippen molar-refractivity contribution >= 4 is 0 Å². The van der Waals surface area contributed by atoms with Gasteiger partial charge in [-0.05, 0) is 44.0 Å². The molecule has 0 saturated carbocycles. The van der Waals surface area contributed by atoms with E-state index in [-0.39, 0.29) is 5.82 Å². The number of benzene rings is 1. The van der Waals surface area contributed by atoms with E-state index < -0.39 is 0 Å². The third kappa shape index (κ3) is 2.12. The van der Waals surface area contributed by atoms with Crippen molar-refractivity contribution in [3.63, 3.8) is 0 Å². The van der Waals surface area contributed by atoms with Crippen LogP contribution in [0.2, 0.25) is 0 Å². The van der Waals surface area contributed by atoms with Crippen LogP contribution in [0.5, 0.6) is 5.75 Å². The molecule has 2 nitrogen and oxygen atoms in total. The Bertz CT molecular complexity index is 352. The number of rotatable bonds is 4. The first kappa shape index (κ1) is 10.4. The summed E-state index contributed by atoms with van der Waals surface area (Å²) in [7, 11) is 1.89. The zero-order chi connectivity index (χ0) is 10.7. The first-order valence-electron chi connectivity index (χ1n) is 5.40. The minimum atomic E-state index is -0.0801. The van der Waals surface area contributed by atoms with E-state index in [1.165, 1.54) is 6.07 Å². The van der Waals surface area contributed by atoms with Gasteiger partial charge in [0, 0.05) is 12.1 Å². The van der Waals surface area contributed by atoms with E-state index in [9.17, 15) is 4.39 Å². The van der Waals surface area contributed by atoms with Crippen LogP contribution in [-0.2, 0) is 12.8 Å². The minimum Gasteiger partial charge on any atom is -0.492 e. The molecule has 15 heavy (non-hydrogen) atoms. The summed E-state index contributed by atoms with van der Waals surface area (Å²) in [6.45, 7) is 1.45. The van der Waals surface area contributed by atoms with Crippen molar-refractivity contribution in [1.29, 1.82) is 0 Å². The summed E-state index contributed by atoms with van der Waals surface area (Å²) in [6.07, 6.45) is 2.84. The van der Waals surface area contributed by atoms with Crippen molar-refractivity contribution in [2.45, 2.75) is 19.3 Å². The fraction of sp³-hybridized carbons (Fsp3) is 0.500. The molecule has 0 amide bonds. The zero-order valence-electron chi connectivity index (χ0n) is 8.98. The van der Waals surface area contributed by atoms with Crippen molar-refractivity contribution in [3.05, 3.63) is 29.1 Å². The highest BCUT2D eigenvalue weighted by molar-refractivity contribution is 5.43. The van der Waals surface area contributed by atoms with E-state index in [0.717, 1.165) is 42.7 Å². The van der Waals surface area contributed by atoms with Gasteiger partial charge in [0.2, 0.25) is 0 Å². The summed E-state index contributed by atoms with van der Waals surface area (Å²) in [5.41, 5.74) is 1.93. The Labute approximate surface area is 89.4 Å². The molecule has 0 heterocycles. The topological polar surface area (TPSA) is 21.3 Å². The summed E-state index contributed by atoms with van der Waals surface area (Å²) in [5, 5.41) is 3.02. The summed E-state index contributed by atoms with van der Waals surface area (Å²) in [6, 6.07) is 3.26. The molecule has 1 aliphatic carbocycles. The lowest BCUT2D eigenvalue weighted by atomic mass is 10.1. The maximum atomic E-state index is 13.4. The van der Waals surface area contributed by atoms with Crippen LogP contribution in [-0.4, -0.2) is 20.2 Å². The molecule has 0 aliphatic heterocycles. The van der Waals surface area contributed by atoms with Crippen LogP contribution in [0.25, 0.3) is 0 Å². The van der Waals surface area contributed by atoms with Crippen molar-refractivity contribution in [2.75, 3.05) is 20.2 Å². The second kappa shape index (κ2) is 4.62. The number of nitrogens with one attached hydrogen (secondary N) is 1. The third-order valence-corrected chi connectivity index (χ3v) is 2.79. The lowest BCUT2D eigenvalue weighted by molar-refractivity contribution is 0.315. The van der Waals surface area contributed by atoms with Gasteiger partial charge in [-0.2, -0.15) is 0 Å². The monoisotopic (exact) mass is 209 g/mol. The molecule has 1 aliphatic rings. The Balaban J connectivity index is 2.15. The maximum Gasteiger partial charge on any atom is 0.126 e. The van der Waals surface area contributed by atoms with Crippen molar-refractivity contribution in [3.8, 4) is 5.75 Å². The zero-order valence-corrected chi connectivity index (χ0v) is 8.98. The SMILES string of the molecule is CNCCOc1ccc(F)c2c1CCC2. The molecule has 0 fully saturated rings.